The molecular weight excluding hydrogens is 330 g/mol. The third kappa shape index (κ3) is 4.10. The number of sulfonamides is 1. The molecule has 0 aliphatic rings. The van der Waals surface area contributed by atoms with Crippen LogP contribution in [-0.2, 0) is 16.4 Å². The zero-order valence-corrected chi connectivity index (χ0v) is 13.6. The first kappa shape index (κ1) is 17.5. The largest absolute Gasteiger partial charge is 0.496 e. The first-order valence-electron chi connectivity index (χ1n) is 6.83. The lowest BCUT2D eigenvalue weighted by atomic mass is 10.1. The van der Waals surface area contributed by atoms with E-state index in [1.54, 1.807) is 24.3 Å². The van der Waals surface area contributed by atoms with Gasteiger partial charge in [0.25, 0.3) is 5.91 Å². The summed E-state index contributed by atoms with van der Waals surface area (Å²) in [4.78, 5) is 12.2. The molecule has 0 fully saturated rings. The van der Waals surface area contributed by atoms with Crippen molar-refractivity contribution in [2.24, 2.45) is 5.14 Å². The molecule has 2 aromatic carbocycles. The summed E-state index contributed by atoms with van der Waals surface area (Å²) in [5, 5.41) is 16.4. The average molecular weight is 345 g/mol. The second-order valence-corrected chi connectivity index (χ2v) is 6.45. The highest BCUT2D eigenvalue weighted by Crippen LogP contribution is 2.23. The molecule has 0 unspecified atom stereocenters. The lowest BCUT2D eigenvalue weighted by Crippen LogP contribution is -2.16. The molecule has 2 aromatic rings. The molecule has 0 bridgehead atoms. The van der Waals surface area contributed by atoms with E-state index in [9.17, 15) is 13.2 Å². The van der Waals surface area contributed by atoms with E-state index < -0.39 is 15.9 Å². The van der Waals surface area contributed by atoms with Crippen LogP contribution in [0.5, 0.6) is 5.75 Å². The Morgan fingerprint density at radius 1 is 1.25 bits per heavy atom. The van der Waals surface area contributed by atoms with Gasteiger partial charge >= 0.3 is 0 Å². The van der Waals surface area contributed by atoms with E-state index in [4.69, 9.17) is 15.1 Å². The van der Waals surface area contributed by atoms with E-state index in [-0.39, 0.29) is 22.6 Å². The monoisotopic (exact) mass is 345 g/mol. The van der Waals surface area contributed by atoms with Gasteiger partial charge in [0.05, 0.1) is 30.1 Å². The van der Waals surface area contributed by atoms with Crippen LogP contribution in [0.3, 0.4) is 0 Å². The first-order valence-corrected chi connectivity index (χ1v) is 8.38. The van der Waals surface area contributed by atoms with Crippen LogP contribution < -0.4 is 15.2 Å². The number of anilines is 1. The van der Waals surface area contributed by atoms with Crippen molar-refractivity contribution in [2.75, 3.05) is 12.4 Å². The van der Waals surface area contributed by atoms with Crippen LogP contribution in [-0.4, -0.2) is 21.4 Å². The number of nitrogens with one attached hydrogen (secondary N) is 1. The lowest BCUT2D eigenvalue weighted by molar-refractivity contribution is 0.102. The lowest BCUT2D eigenvalue weighted by Gasteiger charge is -2.11. The van der Waals surface area contributed by atoms with Gasteiger partial charge < -0.3 is 10.1 Å². The summed E-state index contributed by atoms with van der Waals surface area (Å²) in [5.74, 6) is -0.314. The number of benzene rings is 2. The SMILES string of the molecule is COc1ccc(S(N)(=O)=O)cc1C(=O)Nc1ccc(CC#N)cc1. The van der Waals surface area contributed by atoms with Crippen molar-refractivity contribution in [1.82, 2.24) is 0 Å². The third-order valence-electron chi connectivity index (χ3n) is 3.24. The van der Waals surface area contributed by atoms with Gasteiger partial charge in [-0.25, -0.2) is 13.6 Å². The van der Waals surface area contributed by atoms with Crippen LogP contribution in [0.4, 0.5) is 5.69 Å². The number of hydrogen-bond acceptors (Lipinski definition) is 5. The van der Waals surface area contributed by atoms with Gasteiger partial charge in [-0.1, -0.05) is 12.1 Å². The number of primary sulfonamides is 1. The molecule has 24 heavy (non-hydrogen) atoms. The van der Waals surface area contributed by atoms with Crippen molar-refractivity contribution in [3.8, 4) is 11.8 Å². The zero-order chi connectivity index (χ0) is 17.7. The summed E-state index contributed by atoms with van der Waals surface area (Å²) in [6.07, 6.45) is 0.276. The molecule has 0 saturated heterocycles. The molecule has 0 heterocycles. The number of ether oxygens (including phenoxy) is 1. The number of rotatable bonds is 5. The fourth-order valence-electron chi connectivity index (χ4n) is 2.04. The summed E-state index contributed by atoms with van der Waals surface area (Å²) in [6, 6.07) is 12.6. The molecule has 1 amide bonds. The van der Waals surface area contributed by atoms with Crippen molar-refractivity contribution in [2.45, 2.75) is 11.3 Å². The van der Waals surface area contributed by atoms with Crippen LogP contribution in [0.1, 0.15) is 15.9 Å². The molecule has 0 aromatic heterocycles. The number of carbonyl (C=O) groups is 1. The van der Waals surface area contributed by atoms with E-state index in [0.29, 0.717) is 5.69 Å². The Labute approximate surface area is 139 Å². The van der Waals surface area contributed by atoms with E-state index in [1.807, 2.05) is 6.07 Å². The minimum absolute atomic E-state index is 0.0464. The van der Waals surface area contributed by atoms with Gasteiger partial charge in [0.1, 0.15) is 5.75 Å². The molecule has 0 aliphatic heterocycles. The van der Waals surface area contributed by atoms with Crippen LogP contribution in [0.2, 0.25) is 0 Å². The van der Waals surface area contributed by atoms with Crippen molar-refractivity contribution < 1.29 is 17.9 Å². The topological polar surface area (TPSA) is 122 Å². The summed E-state index contributed by atoms with van der Waals surface area (Å²) >= 11 is 0. The van der Waals surface area contributed by atoms with Gasteiger partial charge in [0.2, 0.25) is 10.0 Å². The smallest absolute Gasteiger partial charge is 0.259 e. The van der Waals surface area contributed by atoms with Gasteiger partial charge in [-0.3, -0.25) is 4.79 Å². The van der Waals surface area contributed by atoms with Crippen molar-refractivity contribution >= 4 is 21.6 Å². The number of methoxy groups -OCH3 is 1. The minimum Gasteiger partial charge on any atom is -0.496 e. The van der Waals surface area contributed by atoms with E-state index in [0.717, 1.165) is 11.6 Å². The molecule has 124 valence electrons. The molecule has 0 saturated carbocycles. The summed E-state index contributed by atoms with van der Waals surface area (Å²) in [6.45, 7) is 0. The zero-order valence-electron chi connectivity index (χ0n) is 12.8. The fraction of sp³-hybridized carbons (Fsp3) is 0.125. The molecule has 0 atom stereocenters. The number of nitriles is 1. The molecule has 2 rings (SSSR count). The standard InChI is InChI=1S/C16H15N3O4S/c1-23-15-7-6-13(24(18,21)22)10-14(15)16(20)19-12-4-2-11(3-5-12)8-9-17/h2-7,10H,8H2,1H3,(H,19,20)(H2,18,21,22). The van der Waals surface area contributed by atoms with Gasteiger partial charge in [0, 0.05) is 5.69 Å². The molecule has 3 N–H and O–H groups in total. The molecular formula is C16H15N3O4S. The van der Waals surface area contributed by atoms with Crippen molar-refractivity contribution in [1.29, 1.82) is 5.26 Å². The van der Waals surface area contributed by atoms with E-state index in [1.165, 1.54) is 19.2 Å². The highest BCUT2D eigenvalue weighted by molar-refractivity contribution is 7.89. The average Bonchev–Trinajstić information content (AvgIpc) is 2.55. The van der Waals surface area contributed by atoms with E-state index >= 15 is 0 Å². The van der Waals surface area contributed by atoms with Crippen LogP contribution >= 0.6 is 0 Å². The van der Waals surface area contributed by atoms with Gasteiger partial charge in [-0.15, -0.1) is 0 Å². The van der Waals surface area contributed by atoms with Gasteiger partial charge in [0.15, 0.2) is 0 Å². The first-order chi connectivity index (χ1) is 11.3. The molecule has 0 aliphatic carbocycles. The van der Waals surface area contributed by atoms with Crippen molar-refractivity contribution in [3.63, 3.8) is 0 Å². The van der Waals surface area contributed by atoms with Crippen LogP contribution in [0, 0.1) is 11.3 Å². The summed E-state index contributed by atoms with van der Waals surface area (Å²) in [7, 11) is -2.56. The Kier molecular flexibility index (Phi) is 5.18. The second-order valence-electron chi connectivity index (χ2n) is 4.89. The van der Waals surface area contributed by atoms with Crippen molar-refractivity contribution in [3.05, 3.63) is 53.6 Å². The van der Waals surface area contributed by atoms with Gasteiger partial charge in [-0.05, 0) is 35.9 Å². The Hall–Kier alpha value is -2.89. The maximum atomic E-state index is 12.4. The Morgan fingerprint density at radius 2 is 1.92 bits per heavy atom. The summed E-state index contributed by atoms with van der Waals surface area (Å²) < 4.78 is 28.0. The number of amides is 1. The fourth-order valence-corrected chi connectivity index (χ4v) is 2.58. The van der Waals surface area contributed by atoms with Crippen LogP contribution in [0.15, 0.2) is 47.4 Å². The van der Waals surface area contributed by atoms with Gasteiger partial charge in [-0.2, -0.15) is 5.26 Å². The third-order valence-corrected chi connectivity index (χ3v) is 4.15. The molecule has 0 spiro atoms. The molecule has 8 heteroatoms. The Bertz CT molecular complexity index is 900. The number of hydrogen-bond donors (Lipinski definition) is 2. The van der Waals surface area contributed by atoms with E-state index in [2.05, 4.69) is 5.32 Å². The highest BCUT2D eigenvalue weighted by Gasteiger charge is 2.17. The predicted octanol–water partition coefficient (Wildman–Crippen LogP) is 1.66. The van der Waals surface area contributed by atoms with Crippen LogP contribution in [0.25, 0.3) is 0 Å². The minimum atomic E-state index is -3.93. The Balaban J connectivity index is 2.30. The predicted molar refractivity (Wildman–Crippen MR) is 88.1 cm³/mol. The number of nitrogens with two attached hydrogens (primary N) is 1. The highest BCUT2D eigenvalue weighted by atomic mass is 32.2. The maximum Gasteiger partial charge on any atom is 0.259 e. The molecule has 7 nitrogen and oxygen atoms in total. The number of carbonyl (C=O) groups excluding carboxylic acids is 1. The normalized spacial score (nSPS) is 10.7. The second kappa shape index (κ2) is 7.12. The summed E-state index contributed by atoms with van der Waals surface area (Å²) in [5.41, 5.74) is 1.37. The molecule has 0 radical (unpaired) electrons. The Morgan fingerprint density at radius 3 is 2.46 bits per heavy atom. The number of nitrogens with zero attached hydrogens (tertiary/aromatic N) is 1. The maximum absolute atomic E-state index is 12.4. The quantitative estimate of drug-likeness (QED) is 0.853.